The normalized spacial score (nSPS) is 10.1. The number of nitrogens with two attached hydrogens (primary N) is 1. The first-order valence-electron chi connectivity index (χ1n) is 6.15. The van der Waals surface area contributed by atoms with Crippen LogP contribution in [0.2, 0.25) is 0 Å². The first kappa shape index (κ1) is 15.5. The summed E-state index contributed by atoms with van der Waals surface area (Å²) in [7, 11) is 0. The predicted octanol–water partition coefficient (Wildman–Crippen LogP) is 3.71. The van der Waals surface area contributed by atoms with Crippen molar-refractivity contribution in [1.82, 2.24) is 0 Å². The molecule has 0 unspecified atom stereocenters. The molecule has 0 aliphatic rings. The quantitative estimate of drug-likeness (QED) is 0.691. The van der Waals surface area contributed by atoms with Crippen LogP contribution in [0.15, 0.2) is 41.3 Å². The zero-order valence-electron chi connectivity index (χ0n) is 11.0. The minimum atomic E-state index is -0.625. The zero-order chi connectivity index (χ0) is 15.2. The molecule has 108 valence electrons. The van der Waals surface area contributed by atoms with Crippen molar-refractivity contribution in [2.45, 2.75) is 10.6 Å². The Balaban J connectivity index is 2.14. The van der Waals surface area contributed by atoms with Crippen molar-refractivity contribution >= 4 is 11.8 Å². The molecule has 0 bridgehead atoms. The molecule has 0 atom stereocenters. The molecule has 21 heavy (non-hydrogen) atoms. The zero-order valence-corrected chi connectivity index (χ0v) is 11.8. The van der Waals surface area contributed by atoms with E-state index in [1.165, 1.54) is 36.0 Å². The van der Waals surface area contributed by atoms with Crippen LogP contribution >= 0.6 is 11.8 Å². The number of hydrogen-bond donors (Lipinski definition) is 1. The number of halogens is 3. The Kier molecular flexibility index (Phi) is 5.32. The number of benzene rings is 2. The molecule has 0 radical (unpaired) electrons. The highest BCUT2D eigenvalue weighted by Crippen LogP contribution is 2.26. The summed E-state index contributed by atoms with van der Waals surface area (Å²) >= 11 is 1.17. The van der Waals surface area contributed by atoms with Gasteiger partial charge < -0.3 is 5.73 Å². The number of hydrogen-bond acceptors (Lipinski definition) is 2. The van der Waals surface area contributed by atoms with Gasteiger partial charge in [-0.15, -0.1) is 11.8 Å². The molecule has 2 rings (SSSR count). The first-order chi connectivity index (χ1) is 10.1. The molecule has 0 fully saturated rings. The van der Waals surface area contributed by atoms with Crippen molar-refractivity contribution in [3.8, 4) is 11.8 Å². The molecule has 2 N–H and O–H groups in total. The van der Waals surface area contributed by atoms with E-state index >= 15 is 0 Å². The van der Waals surface area contributed by atoms with E-state index < -0.39 is 17.5 Å². The summed E-state index contributed by atoms with van der Waals surface area (Å²) in [5.41, 5.74) is 6.47. The maximum absolute atomic E-state index is 13.5. The Morgan fingerprint density at radius 3 is 2.52 bits per heavy atom. The van der Waals surface area contributed by atoms with Gasteiger partial charge in [-0.2, -0.15) is 0 Å². The minimum absolute atomic E-state index is 0.196. The van der Waals surface area contributed by atoms with Gasteiger partial charge in [-0.1, -0.05) is 11.8 Å². The molecule has 2 aromatic rings. The molecule has 2 aromatic carbocycles. The fourth-order valence-electron chi connectivity index (χ4n) is 1.71. The highest BCUT2D eigenvalue weighted by molar-refractivity contribution is 7.98. The van der Waals surface area contributed by atoms with Gasteiger partial charge in [0.15, 0.2) is 0 Å². The van der Waals surface area contributed by atoms with Gasteiger partial charge in [0.1, 0.15) is 17.5 Å². The van der Waals surface area contributed by atoms with E-state index in [0.717, 1.165) is 6.07 Å². The second-order valence-electron chi connectivity index (χ2n) is 4.22. The van der Waals surface area contributed by atoms with E-state index in [1.54, 1.807) is 6.07 Å². The van der Waals surface area contributed by atoms with Crippen LogP contribution in [0.4, 0.5) is 13.2 Å². The fourth-order valence-corrected chi connectivity index (χ4v) is 2.56. The van der Waals surface area contributed by atoms with Crippen LogP contribution in [-0.4, -0.2) is 6.54 Å². The van der Waals surface area contributed by atoms with Gasteiger partial charge in [-0.3, -0.25) is 0 Å². The fraction of sp³-hybridized carbons (Fsp3) is 0.125. The van der Waals surface area contributed by atoms with Crippen molar-refractivity contribution < 1.29 is 13.2 Å². The highest BCUT2D eigenvalue weighted by atomic mass is 32.2. The van der Waals surface area contributed by atoms with Crippen LogP contribution < -0.4 is 5.73 Å². The van der Waals surface area contributed by atoms with Gasteiger partial charge >= 0.3 is 0 Å². The molecule has 0 amide bonds. The second kappa shape index (κ2) is 7.21. The van der Waals surface area contributed by atoms with Crippen LogP contribution in [0.1, 0.15) is 11.1 Å². The Labute approximate surface area is 125 Å². The van der Waals surface area contributed by atoms with Crippen LogP contribution in [0, 0.1) is 29.3 Å². The molecular formula is C16H12F3NS. The lowest BCUT2D eigenvalue weighted by Crippen LogP contribution is -1.93. The van der Waals surface area contributed by atoms with Gasteiger partial charge in [0.2, 0.25) is 0 Å². The van der Waals surface area contributed by atoms with E-state index in [4.69, 9.17) is 5.73 Å². The highest BCUT2D eigenvalue weighted by Gasteiger charge is 2.06. The van der Waals surface area contributed by atoms with E-state index in [9.17, 15) is 13.2 Å². The van der Waals surface area contributed by atoms with Crippen LogP contribution in [0.5, 0.6) is 0 Å². The Bertz CT molecular complexity index is 704. The van der Waals surface area contributed by atoms with Gasteiger partial charge in [-0.05, 0) is 35.9 Å². The third-order valence-corrected chi connectivity index (χ3v) is 3.70. The minimum Gasteiger partial charge on any atom is -0.320 e. The summed E-state index contributed by atoms with van der Waals surface area (Å²) in [5.74, 6) is 4.11. The third-order valence-electron chi connectivity index (χ3n) is 2.58. The lowest BCUT2D eigenvalue weighted by atomic mass is 10.1. The summed E-state index contributed by atoms with van der Waals surface area (Å²) in [5, 5.41) is 0. The lowest BCUT2D eigenvalue weighted by Gasteiger charge is -2.05. The molecule has 5 heteroatoms. The molecule has 0 aliphatic heterocycles. The molecule has 0 saturated carbocycles. The van der Waals surface area contributed by atoms with Crippen LogP contribution in [0.25, 0.3) is 0 Å². The SMILES string of the molecule is NCC#Cc1cc(F)cc(CSc2ccc(F)cc2F)c1. The molecule has 0 heterocycles. The topological polar surface area (TPSA) is 26.0 Å². The maximum Gasteiger partial charge on any atom is 0.139 e. The third kappa shape index (κ3) is 4.55. The van der Waals surface area contributed by atoms with Crippen LogP contribution in [-0.2, 0) is 5.75 Å². The molecule has 0 saturated heterocycles. The second-order valence-corrected chi connectivity index (χ2v) is 5.23. The number of thioether (sulfide) groups is 1. The Hall–Kier alpha value is -1.90. The predicted molar refractivity (Wildman–Crippen MR) is 78.3 cm³/mol. The molecule has 0 aromatic heterocycles. The van der Waals surface area contributed by atoms with E-state index in [0.29, 0.717) is 21.8 Å². The molecule has 0 aliphatic carbocycles. The average molecular weight is 307 g/mol. The average Bonchev–Trinajstić information content (AvgIpc) is 2.43. The van der Waals surface area contributed by atoms with Gasteiger partial charge in [0, 0.05) is 22.3 Å². The molecule has 0 spiro atoms. The van der Waals surface area contributed by atoms with Crippen molar-refractivity contribution in [1.29, 1.82) is 0 Å². The Morgan fingerprint density at radius 2 is 1.81 bits per heavy atom. The van der Waals surface area contributed by atoms with Crippen molar-refractivity contribution in [2.24, 2.45) is 5.73 Å². The van der Waals surface area contributed by atoms with Gasteiger partial charge in [0.25, 0.3) is 0 Å². The number of rotatable bonds is 3. The van der Waals surface area contributed by atoms with Gasteiger partial charge in [0.05, 0.1) is 6.54 Å². The lowest BCUT2D eigenvalue weighted by molar-refractivity contribution is 0.565. The summed E-state index contributed by atoms with van der Waals surface area (Å²) in [4.78, 5) is 0.315. The summed E-state index contributed by atoms with van der Waals surface area (Å²) in [6.45, 7) is 0.196. The van der Waals surface area contributed by atoms with Crippen LogP contribution in [0.3, 0.4) is 0 Å². The standard InChI is InChI=1S/C16H12F3NS/c17-13-3-4-16(15(19)9-13)21-10-12-6-11(2-1-5-20)7-14(18)8-12/h3-4,6-9H,5,10,20H2. The largest absolute Gasteiger partial charge is 0.320 e. The maximum atomic E-state index is 13.5. The summed E-state index contributed by atoms with van der Waals surface area (Å²) < 4.78 is 39.8. The van der Waals surface area contributed by atoms with Crippen molar-refractivity contribution in [3.63, 3.8) is 0 Å². The summed E-state index contributed by atoms with van der Waals surface area (Å²) in [6, 6.07) is 7.78. The van der Waals surface area contributed by atoms with Gasteiger partial charge in [-0.25, -0.2) is 13.2 Å². The van der Waals surface area contributed by atoms with E-state index in [1.807, 2.05) is 0 Å². The van der Waals surface area contributed by atoms with Crippen molar-refractivity contribution in [3.05, 3.63) is 65.0 Å². The van der Waals surface area contributed by atoms with E-state index in [2.05, 4.69) is 11.8 Å². The monoisotopic (exact) mass is 307 g/mol. The first-order valence-corrected chi connectivity index (χ1v) is 7.13. The Morgan fingerprint density at radius 1 is 1.00 bits per heavy atom. The summed E-state index contributed by atoms with van der Waals surface area (Å²) in [6.07, 6.45) is 0. The van der Waals surface area contributed by atoms with E-state index in [-0.39, 0.29) is 6.54 Å². The molecular weight excluding hydrogens is 295 g/mol. The van der Waals surface area contributed by atoms with Crippen molar-refractivity contribution in [2.75, 3.05) is 6.54 Å². The smallest absolute Gasteiger partial charge is 0.139 e. The molecule has 1 nitrogen and oxygen atoms in total.